The summed E-state index contributed by atoms with van der Waals surface area (Å²) >= 11 is 0. The van der Waals surface area contributed by atoms with Crippen LogP contribution in [-0.4, -0.2) is 67.4 Å². The number of nitrogens with zero attached hydrogens (tertiary/aromatic N) is 4. The van der Waals surface area contributed by atoms with Gasteiger partial charge in [-0.2, -0.15) is 4.31 Å². The number of carbonyl (C=O) groups is 1. The van der Waals surface area contributed by atoms with Crippen molar-refractivity contribution >= 4 is 27.7 Å². The van der Waals surface area contributed by atoms with Crippen LogP contribution < -0.4 is 10.3 Å². The van der Waals surface area contributed by atoms with E-state index in [1.165, 1.54) is 4.31 Å². The Labute approximate surface area is 183 Å². The lowest BCUT2D eigenvalue weighted by molar-refractivity contribution is -0.138. The number of nitrogens with one attached hydrogen (secondary N) is 1. The van der Waals surface area contributed by atoms with Gasteiger partial charge < -0.3 is 4.90 Å². The molecule has 31 heavy (non-hydrogen) atoms. The van der Waals surface area contributed by atoms with E-state index < -0.39 is 10.0 Å². The lowest BCUT2D eigenvalue weighted by Crippen LogP contribution is -2.60. The number of hydrogen-bond acceptors (Lipinski definition) is 6. The SMILES string of the molecule is C=Cc1ccc(S(=O)(=O)N2CCN(NC3CCN(c4ccncc4)CC3)C(=O)C2)cc1. The molecule has 164 valence electrons. The fourth-order valence-corrected chi connectivity index (χ4v) is 5.34. The van der Waals surface area contributed by atoms with E-state index in [-0.39, 0.29) is 29.9 Å². The van der Waals surface area contributed by atoms with Gasteiger partial charge in [-0.3, -0.25) is 14.8 Å². The van der Waals surface area contributed by atoms with E-state index in [1.54, 1.807) is 47.7 Å². The third-order valence-corrected chi connectivity index (χ3v) is 7.66. The molecule has 1 aromatic heterocycles. The molecule has 9 heteroatoms. The van der Waals surface area contributed by atoms with E-state index in [0.717, 1.165) is 37.2 Å². The monoisotopic (exact) mass is 441 g/mol. The third kappa shape index (κ3) is 4.79. The van der Waals surface area contributed by atoms with Gasteiger partial charge in [0.25, 0.3) is 5.91 Å². The van der Waals surface area contributed by atoms with Crippen LogP contribution in [0.1, 0.15) is 18.4 Å². The highest BCUT2D eigenvalue weighted by Gasteiger charge is 2.34. The Hall–Kier alpha value is -2.75. The predicted molar refractivity (Wildman–Crippen MR) is 120 cm³/mol. The first-order valence-electron chi connectivity index (χ1n) is 10.4. The van der Waals surface area contributed by atoms with Crippen LogP contribution in [0.4, 0.5) is 5.69 Å². The highest BCUT2D eigenvalue weighted by molar-refractivity contribution is 7.89. The topological polar surface area (TPSA) is 85.8 Å². The number of piperidine rings is 1. The highest BCUT2D eigenvalue weighted by atomic mass is 32.2. The molecule has 4 rings (SSSR count). The molecule has 0 spiro atoms. The summed E-state index contributed by atoms with van der Waals surface area (Å²) in [6.07, 6.45) is 7.05. The normalized spacial score (nSPS) is 18.9. The molecule has 1 N–H and O–H groups in total. The zero-order chi connectivity index (χ0) is 21.8. The van der Waals surface area contributed by atoms with Crippen molar-refractivity contribution in [2.45, 2.75) is 23.8 Å². The number of pyridine rings is 1. The van der Waals surface area contributed by atoms with Crippen molar-refractivity contribution in [1.82, 2.24) is 19.7 Å². The lowest BCUT2D eigenvalue weighted by Gasteiger charge is -2.39. The van der Waals surface area contributed by atoms with Crippen LogP contribution in [0.3, 0.4) is 0 Å². The van der Waals surface area contributed by atoms with E-state index >= 15 is 0 Å². The molecular weight excluding hydrogens is 414 g/mol. The highest BCUT2D eigenvalue weighted by Crippen LogP contribution is 2.21. The number of piperazine rings is 1. The number of aromatic nitrogens is 1. The molecule has 0 bridgehead atoms. The van der Waals surface area contributed by atoms with Gasteiger partial charge in [-0.25, -0.2) is 13.8 Å². The zero-order valence-corrected chi connectivity index (χ0v) is 18.2. The maximum absolute atomic E-state index is 12.9. The molecule has 1 amide bonds. The smallest absolute Gasteiger partial charge is 0.252 e. The molecule has 2 aliphatic rings. The van der Waals surface area contributed by atoms with Crippen LogP contribution in [0.2, 0.25) is 0 Å². The Bertz CT molecular complexity index is 1020. The second kappa shape index (κ2) is 9.17. The lowest BCUT2D eigenvalue weighted by atomic mass is 10.1. The summed E-state index contributed by atoms with van der Waals surface area (Å²) in [5, 5.41) is 1.58. The minimum atomic E-state index is -3.70. The Morgan fingerprint density at radius 3 is 2.29 bits per heavy atom. The summed E-state index contributed by atoms with van der Waals surface area (Å²) in [7, 11) is -3.70. The van der Waals surface area contributed by atoms with Crippen molar-refractivity contribution in [3.8, 4) is 0 Å². The van der Waals surface area contributed by atoms with Crippen molar-refractivity contribution in [3.63, 3.8) is 0 Å². The molecule has 0 saturated carbocycles. The summed E-state index contributed by atoms with van der Waals surface area (Å²) < 4.78 is 27.1. The molecule has 1 aromatic carbocycles. The van der Waals surface area contributed by atoms with E-state index in [0.29, 0.717) is 6.54 Å². The standard InChI is InChI=1S/C22H27N5O3S/c1-2-18-3-5-21(6-4-18)31(29,30)26-15-16-27(22(28)17-26)24-19-9-13-25(14-10-19)20-7-11-23-12-8-20/h2-8,11-12,19,24H,1,9-10,13-17H2. The Morgan fingerprint density at radius 2 is 1.68 bits per heavy atom. The average Bonchev–Trinajstić information content (AvgIpc) is 2.81. The largest absolute Gasteiger partial charge is 0.371 e. The molecule has 3 heterocycles. The predicted octanol–water partition coefficient (Wildman–Crippen LogP) is 1.73. The zero-order valence-electron chi connectivity index (χ0n) is 17.4. The van der Waals surface area contributed by atoms with Gasteiger partial charge in [0.1, 0.15) is 0 Å². The minimum Gasteiger partial charge on any atom is -0.371 e. The minimum absolute atomic E-state index is 0.158. The van der Waals surface area contributed by atoms with E-state index in [4.69, 9.17) is 0 Å². The fourth-order valence-electron chi connectivity index (χ4n) is 3.96. The van der Waals surface area contributed by atoms with Gasteiger partial charge in [-0.15, -0.1) is 0 Å². The summed E-state index contributed by atoms with van der Waals surface area (Å²) in [5.74, 6) is -0.228. The van der Waals surface area contributed by atoms with Gasteiger partial charge in [0.15, 0.2) is 0 Å². The van der Waals surface area contributed by atoms with Crippen molar-refractivity contribution in [2.24, 2.45) is 0 Å². The van der Waals surface area contributed by atoms with Gasteiger partial charge >= 0.3 is 0 Å². The Balaban J connectivity index is 1.31. The fraction of sp³-hybridized carbons (Fsp3) is 0.364. The van der Waals surface area contributed by atoms with Gasteiger partial charge in [0, 0.05) is 43.8 Å². The summed E-state index contributed by atoms with van der Waals surface area (Å²) in [5.41, 5.74) is 5.32. The van der Waals surface area contributed by atoms with Gasteiger partial charge in [-0.1, -0.05) is 24.8 Å². The van der Waals surface area contributed by atoms with Crippen molar-refractivity contribution < 1.29 is 13.2 Å². The van der Waals surface area contributed by atoms with Crippen LogP contribution in [0.5, 0.6) is 0 Å². The molecule has 0 atom stereocenters. The van der Waals surface area contributed by atoms with Crippen molar-refractivity contribution in [3.05, 3.63) is 60.9 Å². The van der Waals surface area contributed by atoms with Crippen molar-refractivity contribution in [2.75, 3.05) is 37.6 Å². The summed E-state index contributed by atoms with van der Waals surface area (Å²) in [6.45, 7) is 5.90. The second-order valence-electron chi connectivity index (χ2n) is 7.75. The Morgan fingerprint density at radius 1 is 1.00 bits per heavy atom. The molecular formula is C22H27N5O3S. The van der Waals surface area contributed by atoms with E-state index in [2.05, 4.69) is 21.9 Å². The number of rotatable bonds is 6. The van der Waals surface area contributed by atoms with Crippen LogP contribution >= 0.6 is 0 Å². The number of hydrazine groups is 1. The molecule has 2 fully saturated rings. The number of amides is 1. The number of hydrogen-bond donors (Lipinski definition) is 1. The van der Waals surface area contributed by atoms with Gasteiger partial charge in [-0.05, 0) is 42.7 Å². The Kier molecular flexibility index (Phi) is 6.35. The molecule has 2 saturated heterocycles. The number of benzene rings is 1. The van der Waals surface area contributed by atoms with Crippen LogP contribution in [0, 0.1) is 0 Å². The van der Waals surface area contributed by atoms with E-state index in [9.17, 15) is 13.2 Å². The molecule has 8 nitrogen and oxygen atoms in total. The average molecular weight is 442 g/mol. The van der Waals surface area contributed by atoms with Gasteiger partial charge in [0.2, 0.25) is 10.0 Å². The maximum Gasteiger partial charge on any atom is 0.252 e. The first-order chi connectivity index (χ1) is 15.0. The molecule has 2 aromatic rings. The molecule has 0 unspecified atom stereocenters. The second-order valence-corrected chi connectivity index (χ2v) is 9.69. The summed E-state index contributed by atoms with van der Waals surface area (Å²) in [6, 6.07) is 10.7. The molecule has 0 radical (unpaired) electrons. The van der Waals surface area contributed by atoms with Crippen LogP contribution in [0.15, 0.2) is 60.3 Å². The first-order valence-corrected chi connectivity index (χ1v) is 11.9. The van der Waals surface area contributed by atoms with Crippen molar-refractivity contribution in [1.29, 1.82) is 0 Å². The quantitative estimate of drug-likeness (QED) is 0.735. The van der Waals surface area contributed by atoms with Gasteiger partial charge in [0.05, 0.1) is 18.0 Å². The molecule has 2 aliphatic heterocycles. The molecule has 0 aliphatic carbocycles. The van der Waals surface area contributed by atoms with Crippen LogP contribution in [0.25, 0.3) is 6.08 Å². The van der Waals surface area contributed by atoms with E-state index in [1.807, 2.05) is 12.1 Å². The summed E-state index contributed by atoms with van der Waals surface area (Å²) in [4.78, 5) is 19.2. The number of carbonyl (C=O) groups excluding carboxylic acids is 1. The van der Waals surface area contributed by atoms with Crippen LogP contribution in [-0.2, 0) is 14.8 Å². The maximum atomic E-state index is 12.9. The number of anilines is 1. The first kappa shape index (κ1) is 21.5. The number of sulfonamides is 1. The third-order valence-electron chi connectivity index (χ3n) is 5.80.